The molecule has 2 heteroatoms. The van der Waals surface area contributed by atoms with E-state index in [0.717, 1.165) is 17.1 Å². The summed E-state index contributed by atoms with van der Waals surface area (Å²) in [7, 11) is 0. The van der Waals surface area contributed by atoms with E-state index >= 15 is 0 Å². The molecule has 1 aromatic carbocycles. The van der Waals surface area contributed by atoms with Crippen LogP contribution >= 0.6 is 0 Å². The van der Waals surface area contributed by atoms with Crippen LogP contribution in [0.1, 0.15) is 56.1 Å². The molecule has 1 saturated carbocycles. The van der Waals surface area contributed by atoms with Gasteiger partial charge in [-0.2, -0.15) is 5.26 Å². The Morgan fingerprint density at radius 3 is 2.68 bits per heavy atom. The van der Waals surface area contributed by atoms with Crippen molar-refractivity contribution in [3.8, 4) is 6.07 Å². The minimum absolute atomic E-state index is 0.200. The van der Waals surface area contributed by atoms with Crippen LogP contribution in [0.5, 0.6) is 0 Å². The second-order valence-electron chi connectivity index (χ2n) is 6.05. The van der Waals surface area contributed by atoms with E-state index < -0.39 is 0 Å². The molecule has 2 nitrogen and oxygen atoms in total. The van der Waals surface area contributed by atoms with E-state index in [0.29, 0.717) is 5.92 Å². The number of nitrogens with zero attached hydrogens (tertiary/aromatic N) is 2. The second kappa shape index (κ2) is 7.75. The Labute approximate surface area is 133 Å². The van der Waals surface area contributed by atoms with Crippen molar-refractivity contribution in [1.29, 1.82) is 5.26 Å². The van der Waals surface area contributed by atoms with Gasteiger partial charge in [-0.15, -0.1) is 0 Å². The summed E-state index contributed by atoms with van der Waals surface area (Å²) in [6.07, 6.45) is 8.25. The molecule has 22 heavy (non-hydrogen) atoms. The van der Waals surface area contributed by atoms with E-state index in [9.17, 15) is 0 Å². The molecule has 0 bridgehead atoms. The third-order valence-corrected chi connectivity index (χ3v) is 4.53. The highest BCUT2D eigenvalue weighted by Crippen LogP contribution is 2.42. The molecule has 2 atom stereocenters. The fraction of sp³-hybridized carbons (Fsp3) is 0.400. The summed E-state index contributed by atoms with van der Waals surface area (Å²) in [5, 5.41) is 8.65. The van der Waals surface area contributed by atoms with E-state index in [1.807, 2.05) is 6.07 Å². The van der Waals surface area contributed by atoms with Crippen molar-refractivity contribution in [3.63, 3.8) is 0 Å². The summed E-state index contributed by atoms with van der Waals surface area (Å²) >= 11 is 0. The van der Waals surface area contributed by atoms with Gasteiger partial charge >= 0.3 is 0 Å². The van der Waals surface area contributed by atoms with Crippen LogP contribution in [0.25, 0.3) is 5.57 Å². The zero-order valence-electron chi connectivity index (χ0n) is 13.4. The predicted molar refractivity (Wildman–Crippen MR) is 93.7 cm³/mol. The molecule has 0 radical (unpaired) electrons. The Morgan fingerprint density at radius 2 is 2.05 bits per heavy atom. The maximum absolute atomic E-state index is 8.65. The number of aliphatic imine (C=N–C) groups is 1. The van der Waals surface area contributed by atoms with Crippen LogP contribution < -0.4 is 0 Å². The summed E-state index contributed by atoms with van der Waals surface area (Å²) in [6.45, 7) is 9.81. The Hall–Kier alpha value is -2.14. The van der Waals surface area contributed by atoms with Crippen LogP contribution in [0.2, 0.25) is 0 Å². The highest BCUT2D eigenvalue weighted by Gasteiger charge is 2.27. The van der Waals surface area contributed by atoms with Crippen LogP contribution in [0.3, 0.4) is 0 Å². The Bertz CT molecular complexity index is 602. The first-order chi connectivity index (χ1) is 10.7. The van der Waals surface area contributed by atoms with Crippen molar-refractivity contribution < 1.29 is 0 Å². The van der Waals surface area contributed by atoms with Crippen molar-refractivity contribution in [1.82, 2.24) is 0 Å². The molecular weight excluding hydrogens is 268 g/mol. The lowest BCUT2D eigenvalue weighted by atomic mass is 9.85. The van der Waals surface area contributed by atoms with Crippen LogP contribution in [-0.4, -0.2) is 6.21 Å². The highest BCUT2D eigenvalue weighted by molar-refractivity contribution is 6.09. The number of allylic oxidation sites excluding steroid dienone is 2. The van der Waals surface area contributed by atoms with Gasteiger partial charge in [-0.1, -0.05) is 63.6 Å². The van der Waals surface area contributed by atoms with Gasteiger partial charge in [-0.25, -0.2) is 4.99 Å². The number of benzene rings is 1. The van der Waals surface area contributed by atoms with Crippen LogP contribution in [-0.2, 0) is 0 Å². The van der Waals surface area contributed by atoms with Gasteiger partial charge in [0.05, 0.1) is 0 Å². The van der Waals surface area contributed by atoms with Gasteiger partial charge in [0.15, 0.2) is 0 Å². The summed E-state index contributed by atoms with van der Waals surface area (Å²) in [6, 6.07) is 10.6. The quantitative estimate of drug-likeness (QED) is 0.504. The molecular formula is C20H24N2. The standard InChI is InChI=1S/C20H24N2/c1-4-6-18-7-5-8-20(18)19-11-9-17(10-12-19)15(2)14-22-16(3)13-21/h9-12,14,18,20H,2-8H2,1H3/b22-14+. The molecule has 0 aromatic heterocycles. The SMILES string of the molecule is C=C(C#N)/N=C/C(=C)c1ccc(C2CCCC2CCC)cc1. The molecule has 1 aromatic rings. The van der Waals surface area contributed by atoms with E-state index in [1.165, 1.54) is 37.7 Å². The monoisotopic (exact) mass is 292 g/mol. The molecule has 0 N–H and O–H groups in total. The topological polar surface area (TPSA) is 36.1 Å². The lowest BCUT2D eigenvalue weighted by Gasteiger charge is -2.19. The lowest BCUT2D eigenvalue weighted by Crippen LogP contribution is -2.06. The first kappa shape index (κ1) is 16.2. The lowest BCUT2D eigenvalue weighted by molar-refractivity contribution is 0.444. The molecule has 0 spiro atoms. The number of hydrogen-bond donors (Lipinski definition) is 0. The fourth-order valence-corrected chi connectivity index (χ4v) is 3.40. The van der Waals surface area contributed by atoms with Crippen molar-refractivity contribution in [2.45, 2.75) is 44.9 Å². The summed E-state index contributed by atoms with van der Waals surface area (Å²) in [4.78, 5) is 3.98. The van der Waals surface area contributed by atoms with Crippen molar-refractivity contribution in [3.05, 3.63) is 54.2 Å². The second-order valence-corrected chi connectivity index (χ2v) is 6.05. The molecule has 114 valence electrons. The fourth-order valence-electron chi connectivity index (χ4n) is 3.40. The van der Waals surface area contributed by atoms with Crippen molar-refractivity contribution in [2.75, 3.05) is 0 Å². The summed E-state index contributed by atoms with van der Waals surface area (Å²) in [5.41, 5.74) is 3.50. The van der Waals surface area contributed by atoms with E-state index in [-0.39, 0.29) is 5.70 Å². The summed E-state index contributed by atoms with van der Waals surface area (Å²) < 4.78 is 0. The average Bonchev–Trinajstić information content (AvgIpc) is 3.01. The maximum atomic E-state index is 8.65. The average molecular weight is 292 g/mol. The third-order valence-electron chi connectivity index (χ3n) is 4.53. The molecule has 2 rings (SSSR count). The molecule has 0 heterocycles. The first-order valence-corrected chi connectivity index (χ1v) is 8.08. The number of nitriles is 1. The molecule has 1 aliphatic carbocycles. The van der Waals surface area contributed by atoms with Gasteiger partial charge in [-0.3, -0.25) is 0 Å². The number of hydrogen-bond acceptors (Lipinski definition) is 2. The Kier molecular flexibility index (Phi) is 5.72. The Balaban J connectivity index is 2.07. The van der Waals surface area contributed by atoms with E-state index in [2.05, 4.69) is 49.3 Å². The van der Waals surface area contributed by atoms with Crippen LogP contribution in [0.4, 0.5) is 0 Å². The van der Waals surface area contributed by atoms with Gasteiger partial charge in [0, 0.05) is 6.21 Å². The minimum atomic E-state index is 0.200. The predicted octanol–water partition coefficient (Wildman–Crippen LogP) is 5.49. The molecule has 0 aliphatic heterocycles. The number of rotatable bonds is 6. The normalized spacial score (nSPS) is 20.9. The van der Waals surface area contributed by atoms with Crippen LogP contribution in [0, 0.1) is 17.2 Å². The van der Waals surface area contributed by atoms with Gasteiger partial charge in [0.1, 0.15) is 11.8 Å². The van der Waals surface area contributed by atoms with Gasteiger partial charge < -0.3 is 0 Å². The zero-order valence-corrected chi connectivity index (χ0v) is 13.4. The zero-order chi connectivity index (χ0) is 15.9. The summed E-state index contributed by atoms with van der Waals surface area (Å²) in [5.74, 6) is 1.56. The first-order valence-electron chi connectivity index (χ1n) is 8.08. The molecule has 1 aliphatic rings. The minimum Gasteiger partial charge on any atom is -0.246 e. The largest absolute Gasteiger partial charge is 0.246 e. The highest BCUT2D eigenvalue weighted by atomic mass is 14.7. The molecule has 2 unspecified atom stereocenters. The third kappa shape index (κ3) is 3.95. The van der Waals surface area contributed by atoms with Gasteiger partial charge in [0.2, 0.25) is 0 Å². The van der Waals surface area contributed by atoms with Crippen molar-refractivity contribution >= 4 is 11.8 Å². The molecule has 0 saturated heterocycles. The van der Waals surface area contributed by atoms with E-state index in [4.69, 9.17) is 5.26 Å². The molecule has 0 amide bonds. The maximum Gasteiger partial charge on any atom is 0.133 e. The van der Waals surface area contributed by atoms with Gasteiger partial charge in [-0.05, 0) is 41.4 Å². The molecule has 1 fully saturated rings. The van der Waals surface area contributed by atoms with Crippen molar-refractivity contribution in [2.24, 2.45) is 10.9 Å². The Morgan fingerprint density at radius 1 is 1.32 bits per heavy atom. The smallest absolute Gasteiger partial charge is 0.133 e. The van der Waals surface area contributed by atoms with E-state index in [1.54, 1.807) is 6.21 Å². The van der Waals surface area contributed by atoms with Crippen LogP contribution in [0.15, 0.2) is 48.1 Å². The van der Waals surface area contributed by atoms with Gasteiger partial charge in [0.25, 0.3) is 0 Å².